The van der Waals surface area contributed by atoms with E-state index in [0.717, 1.165) is 24.7 Å². The van der Waals surface area contributed by atoms with Gasteiger partial charge in [0, 0.05) is 24.8 Å². The second-order valence-corrected chi connectivity index (χ2v) is 10.3. The number of rotatable bonds is 9. The van der Waals surface area contributed by atoms with Gasteiger partial charge in [-0.25, -0.2) is 8.42 Å². The number of aromatic amines is 1. The van der Waals surface area contributed by atoms with E-state index in [-0.39, 0.29) is 11.9 Å². The third-order valence-corrected chi connectivity index (χ3v) is 6.56. The number of H-pyrrole nitrogens is 1. The number of methoxy groups -OCH3 is 3. The molecule has 1 aromatic heterocycles. The van der Waals surface area contributed by atoms with Gasteiger partial charge in [0.15, 0.2) is 11.5 Å². The highest BCUT2D eigenvalue weighted by molar-refractivity contribution is 7.92. The Kier molecular flexibility index (Phi) is 7.55. The Morgan fingerprint density at radius 3 is 2.44 bits per heavy atom. The van der Waals surface area contributed by atoms with Crippen LogP contribution in [0.4, 0.5) is 11.6 Å². The van der Waals surface area contributed by atoms with Crippen LogP contribution in [0.1, 0.15) is 18.4 Å². The number of sulfonamides is 1. The molecule has 1 fully saturated rings. The fourth-order valence-corrected chi connectivity index (χ4v) is 4.86. The lowest BCUT2D eigenvalue weighted by atomic mass is 10.1. The molecule has 2 N–H and O–H groups in total. The molecule has 0 saturated carbocycles. The normalized spacial score (nSPS) is 14.6. The van der Waals surface area contributed by atoms with Crippen LogP contribution in [-0.2, 0) is 21.4 Å². The van der Waals surface area contributed by atoms with Crippen LogP contribution in [0.5, 0.6) is 17.2 Å². The highest BCUT2D eigenvalue weighted by Gasteiger charge is 2.24. The Morgan fingerprint density at radius 1 is 1.08 bits per heavy atom. The molecule has 0 atom stereocenters. The first-order chi connectivity index (χ1) is 17.2. The molecule has 0 amide bonds. The van der Waals surface area contributed by atoms with Crippen molar-refractivity contribution in [1.29, 1.82) is 0 Å². The summed E-state index contributed by atoms with van der Waals surface area (Å²) in [4.78, 5) is 22.4. The summed E-state index contributed by atoms with van der Waals surface area (Å²) in [6, 6.07) is 8.84. The van der Waals surface area contributed by atoms with E-state index in [9.17, 15) is 13.2 Å². The minimum Gasteiger partial charge on any atom is -0.493 e. The van der Waals surface area contributed by atoms with Gasteiger partial charge in [-0.2, -0.15) is 4.98 Å². The lowest BCUT2D eigenvalue weighted by molar-refractivity contribution is 0.0250. The number of nitrogens with zero attached hydrogens (tertiary/aromatic N) is 2. The molecule has 11 nitrogen and oxygen atoms in total. The van der Waals surface area contributed by atoms with Gasteiger partial charge in [0.25, 0.3) is 5.56 Å². The summed E-state index contributed by atoms with van der Waals surface area (Å²) in [5.41, 5.74) is 1.51. The van der Waals surface area contributed by atoms with Gasteiger partial charge in [0.05, 0.1) is 45.8 Å². The fourth-order valence-electron chi connectivity index (χ4n) is 4.30. The van der Waals surface area contributed by atoms with Gasteiger partial charge >= 0.3 is 0 Å². The molecule has 3 aromatic rings. The van der Waals surface area contributed by atoms with Gasteiger partial charge in [-0.1, -0.05) is 12.1 Å². The van der Waals surface area contributed by atoms with Crippen LogP contribution in [0.3, 0.4) is 0 Å². The van der Waals surface area contributed by atoms with Crippen molar-refractivity contribution in [3.63, 3.8) is 0 Å². The summed E-state index contributed by atoms with van der Waals surface area (Å²) < 4.78 is 47.7. The molecular formula is C24H30N4O7S. The number of hydrogen-bond acceptors (Lipinski definition) is 9. The minimum atomic E-state index is -3.34. The zero-order valence-electron chi connectivity index (χ0n) is 20.7. The van der Waals surface area contributed by atoms with Crippen LogP contribution < -0.4 is 29.4 Å². The van der Waals surface area contributed by atoms with Gasteiger partial charge in [-0.15, -0.1) is 0 Å². The van der Waals surface area contributed by atoms with Crippen molar-refractivity contribution in [2.45, 2.75) is 25.6 Å². The van der Waals surface area contributed by atoms with E-state index >= 15 is 0 Å². The third kappa shape index (κ3) is 5.65. The number of anilines is 2. The van der Waals surface area contributed by atoms with Crippen molar-refractivity contribution in [1.82, 2.24) is 9.97 Å². The Bertz CT molecular complexity index is 1400. The molecule has 0 aliphatic carbocycles. The second-order valence-electron chi connectivity index (χ2n) is 8.51. The number of nitrogens with one attached hydrogen (secondary N) is 2. The standard InChI is InChI=1S/C24H30N4O7S/c1-32-19-13-18-20(22(34-3)21(19)33-2)23(29)26-24(25-18)28-10-8-17(9-11-28)35-14-15-6-5-7-16(12-15)27-36(4,30)31/h5-7,12-13,17,27H,8-11,14H2,1-4H3,(H,25,26,29). The average molecular weight is 519 g/mol. The largest absolute Gasteiger partial charge is 0.493 e. The SMILES string of the molecule is COc1cc2[nH]c(N3CCC(OCc4cccc(NS(C)(=O)=O)c4)CC3)nc(=O)c2c(OC)c1OC. The van der Waals surface area contributed by atoms with Gasteiger partial charge in [0.1, 0.15) is 5.39 Å². The molecule has 36 heavy (non-hydrogen) atoms. The summed E-state index contributed by atoms with van der Waals surface area (Å²) in [6.07, 6.45) is 2.64. The molecule has 12 heteroatoms. The van der Waals surface area contributed by atoms with Crippen molar-refractivity contribution in [2.75, 3.05) is 50.3 Å². The maximum absolute atomic E-state index is 12.9. The Labute approximate surface area is 209 Å². The summed E-state index contributed by atoms with van der Waals surface area (Å²) in [6.45, 7) is 1.68. The minimum absolute atomic E-state index is 0.0319. The fraction of sp³-hybridized carbons (Fsp3) is 0.417. The Hall–Kier alpha value is -3.51. The van der Waals surface area contributed by atoms with Crippen LogP contribution in [0.25, 0.3) is 10.9 Å². The molecule has 2 heterocycles. The van der Waals surface area contributed by atoms with Crippen molar-refractivity contribution in [3.05, 3.63) is 46.2 Å². The highest BCUT2D eigenvalue weighted by Crippen LogP contribution is 2.41. The zero-order chi connectivity index (χ0) is 25.9. The van der Waals surface area contributed by atoms with Gasteiger partial charge < -0.3 is 28.8 Å². The number of fused-ring (bicyclic) bond motifs is 1. The number of ether oxygens (including phenoxy) is 4. The molecule has 0 radical (unpaired) electrons. The molecule has 4 rings (SSSR count). The quantitative estimate of drug-likeness (QED) is 0.438. The van der Waals surface area contributed by atoms with Gasteiger partial charge in [-0.05, 0) is 30.5 Å². The average Bonchev–Trinajstić information content (AvgIpc) is 2.85. The van der Waals surface area contributed by atoms with E-state index < -0.39 is 15.6 Å². The van der Waals surface area contributed by atoms with E-state index in [2.05, 4.69) is 14.7 Å². The Balaban J connectivity index is 1.44. The molecular weight excluding hydrogens is 488 g/mol. The first kappa shape index (κ1) is 25.6. The molecule has 0 spiro atoms. The zero-order valence-corrected chi connectivity index (χ0v) is 21.5. The highest BCUT2D eigenvalue weighted by atomic mass is 32.2. The van der Waals surface area contributed by atoms with Crippen LogP contribution in [0, 0.1) is 0 Å². The third-order valence-electron chi connectivity index (χ3n) is 5.96. The Morgan fingerprint density at radius 2 is 1.81 bits per heavy atom. The number of benzene rings is 2. The lowest BCUT2D eigenvalue weighted by Crippen LogP contribution is -2.38. The predicted octanol–water partition coefficient (Wildman–Crippen LogP) is 2.51. The summed E-state index contributed by atoms with van der Waals surface area (Å²) in [5.74, 6) is 1.52. The first-order valence-corrected chi connectivity index (χ1v) is 13.3. The molecule has 1 aliphatic heterocycles. The number of hydrogen-bond donors (Lipinski definition) is 2. The van der Waals surface area contributed by atoms with E-state index in [0.29, 0.717) is 53.7 Å². The maximum atomic E-state index is 12.9. The predicted molar refractivity (Wildman–Crippen MR) is 137 cm³/mol. The van der Waals surface area contributed by atoms with E-state index in [4.69, 9.17) is 18.9 Å². The molecule has 194 valence electrons. The topological polar surface area (TPSA) is 132 Å². The monoisotopic (exact) mass is 518 g/mol. The van der Waals surface area contributed by atoms with Crippen LogP contribution in [0.15, 0.2) is 35.1 Å². The van der Waals surface area contributed by atoms with Crippen molar-refractivity contribution in [3.8, 4) is 17.2 Å². The van der Waals surface area contributed by atoms with Crippen LogP contribution in [-0.4, -0.2) is 65.2 Å². The molecule has 2 aromatic carbocycles. The molecule has 0 unspecified atom stereocenters. The second kappa shape index (κ2) is 10.6. The summed E-state index contributed by atoms with van der Waals surface area (Å²) in [7, 11) is 1.13. The van der Waals surface area contributed by atoms with Crippen molar-refractivity contribution in [2.24, 2.45) is 0 Å². The molecule has 0 bridgehead atoms. The van der Waals surface area contributed by atoms with Gasteiger partial charge in [0.2, 0.25) is 21.7 Å². The smallest absolute Gasteiger partial charge is 0.286 e. The summed E-state index contributed by atoms with van der Waals surface area (Å²) >= 11 is 0. The number of piperidine rings is 1. The van der Waals surface area contributed by atoms with Crippen LogP contribution in [0.2, 0.25) is 0 Å². The molecule has 1 aliphatic rings. The van der Waals surface area contributed by atoms with Crippen molar-refractivity contribution >= 4 is 32.6 Å². The van der Waals surface area contributed by atoms with Crippen LogP contribution >= 0.6 is 0 Å². The van der Waals surface area contributed by atoms with Gasteiger partial charge in [-0.3, -0.25) is 9.52 Å². The lowest BCUT2D eigenvalue weighted by Gasteiger charge is -2.32. The van der Waals surface area contributed by atoms with E-state index in [1.807, 2.05) is 11.0 Å². The molecule has 1 saturated heterocycles. The van der Waals surface area contributed by atoms with Crippen molar-refractivity contribution < 1.29 is 27.4 Å². The van der Waals surface area contributed by atoms with E-state index in [1.54, 1.807) is 24.3 Å². The first-order valence-electron chi connectivity index (χ1n) is 11.4. The maximum Gasteiger partial charge on any atom is 0.286 e. The number of aromatic nitrogens is 2. The summed E-state index contributed by atoms with van der Waals surface area (Å²) in [5, 5.41) is 0.296. The van der Waals surface area contributed by atoms with E-state index in [1.165, 1.54) is 21.3 Å².